The minimum Gasteiger partial charge on any atom is -0.393 e. The summed E-state index contributed by atoms with van der Waals surface area (Å²) in [4.78, 5) is 18.3. The first-order valence-corrected chi connectivity index (χ1v) is 14.1. The van der Waals surface area contributed by atoms with Gasteiger partial charge in [0.15, 0.2) is 0 Å². The molecule has 1 saturated heterocycles. The van der Waals surface area contributed by atoms with Gasteiger partial charge in [0.05, 0.1) is 16.8 Å². The summed E-state index contributed by atoms with van der Waals surface area (Å²) in [5.74, 6) is -0.223. The molecular weight excluding hydrogens is 534 g/mol. The van der Waals surface area contributed by atoms with Gasteiger partial charge < -0.3 is 30.9 Å². The minimum absolute atomic E-state index is 0.172. The predicted molar refractivity (Wildman–Crippen MR) is 169 cm³/mol. The van der Waals surface area contributed by atoms with Crippen molar-refractivity contribution in [2.45, 2.75) is 25.9 Å². The van der Waals surface area contributed by atoms with Crippen molar-refractivity contribution in [1.82, 2.24) is 4.98 Å². The summed E-state index contributed by atoms with van der Waals surface area (Å²) in [6.07, 6.45) is 1.46. The van der Waals surface area contributed by atoms with E-state index in [9.17, 15) is 9.90 Å². The van der Waals surface area contributed by atoms with E-state index in [2.05, 4.69) is 50.1 Å². The van der Waals surface area contributed by atoms with Crippen molar-refractivity contribution in [1.29, 1.82) is 0 Å². The van der Waals surface area contributed by atoms with Gasteiger partial charge in [0, 0.05) is 52.4 Å². The van der Waals surface area contributed by atoms with Crippen molar-refractivity contribution >= 4 is 62.5 Å². The van der Waals surface area contributed by atoms with Crippen LogP contribution in [0.1, 0.15) is 28.9 Å². The lowest BCUT2D eigenvalue weighted by molar-refractivity contribution is 0.102. The van der Waals surface area contributed by atoms with Crippen molar-refractivity contribution in [3.8, 4) is 0 Å². The van der Waals surface area contributed by atoms with Crippen LogP contribution in [0.25, 0.3) is 10.9 Å². The number of piperidine rings is 1. The second-order valence-corrected chi connectivity index (χ2v) is 10.9. The summed E-state index contributed by atoms with van der Waals surface area (Å²) >= 11 is 6.56. The molecule has 7 nitrogen and oxygen atoms in total. The molecule has 5 aromatic rings. The summed E-state index contributed by atoms with van der Waals surface area (Å²) in [5, 5.41) is 20.9. The number of aromatic nitrogens is 1. The van der Waals surface area contributed by atoms with Crippen LogP contribution < -0.4 is 20.9 Å². The Morgan fingerprint density at radius 3 is 2.15 bits per heavy atom. The highest BCUT2D eigenvalue weighted by Crippen LogP contribution is 2.30. The first kappa shape index (κ1) is 26.7. The minimum atomic E-state index is -0.223. The first-order valence-electron chi connectivity index (χ1n) is 13.8. The fourth-order valence-electron chi connectivity index (χ4n) is 5.11. The number of halogens is 1. The van der Waals surface area contributed by atoms with E-state index < -0.39 is 0 Å². The van der Waals surface area contributed by atoms with Crippen LogP contribution in [-0.4, -0.2) is 35.2 Å². The molecule has 1 aliphatic heterocycles. The third-order valence-corrected chi connectivity index (χ3v) is 7.71. The number of fused-ring (bicyclic) bond motifs is 1. The lowest BCUT2D eigenvalue weighted by atomic mass is 10.1. The van der Waals surface area contributed by atoms with Crippen molar-refractivity contribution in [2.24, 2.45) is 0 Å². The standard InChI is InChI=1S/C33H32ClN5O2/c1-21-2-12-30-22(18-21)19-32(38-30)33(41)37-26-9-13-31(29(34)20-26)36-25-5-3-23(4-6-25)35-24-7-10-27(11-8-24)39-16-14-28(40)15-17-39/h2-13,18-20,28,35-36,38,40H,14-17H2,1H3,(H,37,41). The molecule has 5 N–H and O–H groups in total. The molecule has 0 bridgehead atoms. The number of nitrogens with zero attached hydrogens (tertiary/aromatic N) is 1. The molecule has 1 aromatic heterocycles. The SMILES string of the molecule is Cc1ccc2[nH]c(C(=O)Nc3ccc(Nc4ccc(Nc5ccc(N6CCC(O)CC6)cc5)cc4)c(Cl)c3)cc2c1. The molecule has 8 heteroatoms. The van der Waals surface area contributed by atoms with E-state index in [1.165, 1.54) is 5.69 Å². The zero-order valence-corrected chi connectivity index (χ0v) is 23.5. The van der Waals surface area contributed by atoms with Gasteiger partial charge in [-0.3, -0.25) is 4.79 Å². The number of aliphatic hydroxyl groups excluding tert-OH is 1. The zero-order valence-electron chi connectivity index (χ0n) is 22.7. The van der Waals surface area contributed by atoms with E-state index in [0.29, 0.717) is 16.4 Å². The van der Waals surface area contributed by atoms with E-state index in [1.807, 2.05) is 67.6 Å². The molecule has 0 saturated carbocycles. The van der Waals surface area contributed by atoms with Gasteiger partial charge in [-0.05, 0) is 105 Å². The van der Waals surface area contributed by atoms with Crippen LogP contribution in [0.2, 0.25) is 5.02 Å². The Hall–Kier alpha value is -4.46. The third-order valence-electron chi connectivity index (χ3n) is 7.40. The number of rotatable bonds is 7. The molecule has 0 unspecified atom stereocenters. The third kappa shape index (κ3) is 6.32. The second-order valence-electron chi connectivity index (χ2n) is 10.5. The summed E-state index contributed by atoms with van der Waals surface area (Å²) < 4.78 is 0. The highest BCUT2D eigenvalue weighted by atomic mass is 35.5. The smallest absolute Gasteiger partial charge is 0.272 e. The predicted octanol–water partition coefficient (Wildman–Crippen LogP) is 7.83. The van der Waals surface area contributed by atoms with Crippen molar-refractivity contribution in [2.75, 3.05) is 33.9 Å². The van der Waals surface area contributed by atoms with Gasteiger partial charge in [0.25, 0.3) is 5.91 Å². The van der Waals surface area contributed by atoms with Gasteiger partial charge in [-0.2, -0.15) is 0 Å². The number of hydrogen-bond donors (Lipinski definition) is 5. The average Bonchev–Trinajstić information content (AvgIpc) is 3.40. The van der Waals surface area contributed by atoms with Crippen LogP contribution >= 0.6 is 11.6 Å². The van der Waals surface area contributed by atoms with E-state index in [4.69, 9.17) is 11.6 Å². The molecule has 2 heterocycles. The van der Waals surface area contributed by atoms with E-state index in [1.54, 1.807) is 6.07 Å². The van der Waals surface area contributed by atoms with Crippen LogP contribution in [-0.2, 0) is 0 Å². The van der Waals surface area contributed by atoms with Crippen molar-refractivity contribution in [3.63, 3.8) is 0 Å². The second kappa shape index (κ2) is 11.6. The van der Waals surface area contributed by atoms with Crippen LogP contribution in [0.3, 0.4) is 0 Å². The molecule has 6 rings (SSSR count). The van der Waals surface area contributed by atoms with Gasteiger partial charge in [0.2, 0.25) is 0 Å². The number of aryl methyl sites for hydroxylation is 1. The fourth-order valence-corrected chi connectivity index (χ4v) is 5.33. The van der Waals surface area contributed by atoms with E-state index >= 15 is 0 Å². The number of aliphatic hydroxyl groups is 1. The molecule has 1 fully saturated rings. The Kier molecular flexibility index (Phi) is 7.55. The maximum atomic E-state index is 12.8. The number of aromatic amines is 1. The van der Waals surface area contributed by atoms with Gasteiger partial charge >= 0.3 is 0 Å². The van der Waals surface area contributed by atoms with Gasteiger partial charge in [-0.25, -0.2) is 0 Å². The summed E-state index contributed by atoms with van der Waals surface area (Å²) in [6.45, 7) is 3.79. The van der Waals surface area contributed by atoms with Gasteiger partial charge in [0.1, 0.15) is 5.69 Å². The van der Waals surface area contributed by atoms with Gasteiger partial charge in [-0.15, -0.1) is 0 Å². The Morgan fingerprint density at radius 2 is 1.46 bits per heavy atom. The molecule has 0 spiro atoms. The maximum Gasteiger partial charge on any atom is 0.272 e. The first-order chi connectivity index (χ1) is 19.9. The number of amides is 1. The average molecular weight is 566 g/mol. The zero-order chi connectivity index (χ0) is 28.3. The summed E-state index contributed by atoms with van der Waals surface area (Å²) in [6, 6.07) is 29.7. The lowest BCUT2D eigenvalue weighted by Crippen LogP contribution is -2.35. The van der Waals surface area contributed by atoms with Crippen molar-refractivity contribution < 1.29 is 9.90 Å². The summed E-state index contributed by atoms with van der Waals surface area (Å²) in [7, 11) is 0. The molecule has 0 aliphatic carbocycles. The lowest BCUT2D eigenvalue weighted by Gasteiger charge is -2.31. The van der Waals surface area contributed by atoms with E-state index in [0.717, 1.165) is 65.1 Å². The number of H-pyrrole nitrogens is 1. The maximum absolute atomic E-state index is 12.8. The van der Waals surface area contributed by atoms with Gasteiger partial charge in [-0.1, -0.05) is 23.2 Å². The number of carbonyl (C=O) groups excluding carboxylic acids is 1. The topological polar surface area (TPSA) is 92.4 Å². The van der Waals surface area contributed by atoms with E-state index in [-0.39, 0.29) is 12.0 Å². The molecule has 4 aromatic carbocycles. The van der Waals surface area contributed by atoms with Crippen LogP contribution in [0, 0.1) is 6.92 Å². The summed E-state index contributed by atoms with van der Waals surface area (Å²) in [5.41, 5.74) is 7.98. The van der Waals surface area contributed by atoms with Crippen LogP contribution in [0.15, 0.2) is 91.0 Å². The van der Waals surface area contributed by atoms with Crippen LogP contribution in [0.5, 0.6) is 0 Å². The molecular formula is C33H32ClN5O2. The Morgan fingerprint density at radius 1 is 0.829 bits per heavy atom. The Balaban J connectivity index is 1.05. The molecule has 0 radical (unpaired) electrons. The number of carbonyl (C=O) groups is 1. The van der Waals surface area contributed by atoms with Crippen molar-refractivity contribution in [3.05, 3.63) is 107 Å². The fraction of sp³-hybridized carbons (Fsp3) is 0.182. The number of nitrogens with one attached hydrogen (secondary N) is 4. The monoisotopic (exact) mass is 565 g/mol. The Labute approximate surface area is 244 Å². The number of hydrogen-bond acceptors (Lipinski definition) is 5. The highest BCUT2D eigenvalue weighted by molar-refractivity contribution is 6.33. The highest BCUT2D eigenvalue weighted by Gasteiger charge is 2.17. The number of benzene rings is 4. The molecule has 208 valence electrons. The molecule has 1 amide bonds. The normalized spacial score (nSPS) is 13.8. The Bertz CT molecular complexity index is 1670. The van der Waals surface area contributed by atoms with Crippen LogP contribution in [0.4, 0.5) is 34.1 Å². The quantitative estimate of drug-likeness (QED) is 0.139. The largest absolute Gasteiger partial charge is 0.393 e. The number of anilines is 6. The molecule has 0 atom stereocenters. The molecule has 1 aliphatic rings. The molecule has 41 heavy (non-hydrogen) atoms.